The molecule has 0 radical (unpaired) electrons. The molecule has 4 heterocycles. The number of nitrogens with zero attached hydrogens (tertiary/aromatic N) is 3. The minimum absolute atomic E-state index is 0.342. The first-order valence-electron chi connectivity index (χ1n) is 17.2. The molecule has 1 aromatic carbocycles. The Labute approximate surface area is 242 Å². The van der Waals surface area contributed by atoms with Crippen LogP contribution in [0.2, 0.25) is 0 Å². The SMILES string of the molecule is c1cc2c3c4c(ncc3n3c5cnc6c(c5c(c1)c23)C1(CCCC1)CC61CCCC1)C1(CCCC1)CC41CCCC1. The summed E-state index contributed by atoms with van der Waals surface area (Å²) in [5, 5.41) is 6.12. The van der Waals surface area contributed by atoms with Crippen molar-refractivity contribution in [3.05, 3.63) is 53.1 Å². The number of benzene rings is 1. The lowest BCUT2D eigenvalue weighted by atomic mass is 9.74. The lowest BCUT2D eigenvalue weighted by molar-refractivity contribution is 0.321. The Morgan fingerprint density at radius 2 is 0.902 bits per heavy atom. The maximum absolute atomic E-state index is 5.50. The molecule has 4 aromatic heterocycles. The summed E-state index contributed by atoms with van der Waals surface area (Å²) in [5.74, 6) is 0. The van der Waals surface area contributed by atoms with Gasteiger partial charge in [0.1, 0.15) is 0 Å². The number of hydrogen-bond donors (Lipinski definition) is 0. The molecule has 0 saturated heterocycles. The fourth-order valence-electron chi connectivity index (χ4n) is 12.8. The molecule has 208 valence electrons. The van der Waals surface area contributed by atoms with Crippen molar-refractivity contribution in [3.63, 3.8) is 0 Å². The van der Waals surface area contributed by atoms with E-state index in [0.717, 1.165) is 0 Å². The van der Waals surface area contributed by atoms with Gasteiger partial charge in [-0.3, -0.25) is 9.97 Å². The summed E-state index contributed by atoms with van der Waals surface area (Å²) in [4.78, 5) is 11.0. The zero-order valence-corrected chi connectivity index (χ0v) is 24.5. The summed E-state index contributed by atoms with van der Waals surface area (Å²) in [7, 11) is 0. The highest BCUT2D eigenvalue weighted by atomic mass is 15.0. The van der Waals surface area contributed by atoms with E-state index in [1.807, 2.05) is 0 Å². The number of fused-ring (bicyclic) bond motifs is 14. The molecule has 0 unspecified atom stereocenters. The third-order valence-electron chi connectivity index (χ3n) is 14.1. The van der Waals surface area contributed by atoms with Gasteiger partial charge in [0, 0.05) is 32.4 Å². The molecule has 6 aliphatic carbocycles. The third kappa shape index (κ3) is 2.47. The number of hydrogen-bond acceptors (Lipinski definition) is 2. The highest BCUT2D eigenvalue weighted by Crippen LogP contribution is 2.65. The van der Waals surface area contributed by atoms with Gasteiger partial charge in [-0.25, -0.2) is 0 Å². The van der Waals surface area contributed by atoms with Gasteiger partial charge in [0.25, 0.3) is 0 Å². The monoisotopic (exact) mass is 539 g/mol. The second-order valence-electron chi connectivity index (χ2n) is 15.8. The van der Waals surface area contributed by atoms with Crippen LogP contribution < -0.4 is 0 Å². The molecule has 41 heavy (non-hydrogen) atoms. The van der Waals surface area contributed by atoms with E-state index in [1.165, 1.54) is 154 Å². The quantitative estimate of drug-likeness (QED) is 0.196. The second kappa shape index (κ2) is 7.26. The molecule has 3 nitrogen and oxygen atoms in total. The standard InChI is InChI=1S/C38H41N3/c1-2-13-35(12-1)22-37(16-5-6-17-37)33-30(35)28-24-10-9-11-25-29-27(41(32(24)25)26(28)20-39-33)21-40-34-31(29)36(14-3-4-15-36)23-38(34)18-7-8-19-38/h9-11,20-21H,1-8,12-19,22-23H2. The van der Waals surface area contributed by atoms with Crippen molar-refractivity contribution in [2.45, 2.75) is 137 Å². The minimum atomic E-state index is 0.342. The van der Waals surface area contributed by atoms with Crippen molar-refractivity contribution >= 4 is 38.1 Å². The molecule has 4 spiro atoms. The predicted octanol–water partition coefficient (Wildman–Crippen LogP) is 9.68. The minimum Gasteiger partial charge on any atom is -0.305 e. The van der Waals surface area contributed by atoms with Gasteiger partial charge in [0.05, 0.1) is 40.3 Å². The number of rotatable bonds is 0. The lowest BCUT2D eigenvalue weighted by Gasteiger charge is -2.28. The highest BCUT2D eigenvalue weighted by Gasteiger charge is 2.57. The second-order valence-corrected chi connectivity index (χ2v) is 15.8. The normalized spacial score (nSPS) is 26.5. The molecule has 6 aliphatic rings. The van der Waals surface area contributed by atoms with E-state index in [1.54, 1.807) is 21.9 Å². The van der Waals surface area contributed by atoms with E-state index in [4.69, 9.17) is 9.97 Å². The Morgan fingerprint density at radius 1 is 0.512 bits per heavy atom. The van der Waals surface area contributed by atoms with Gasteiger partial charge >= 0.3 is 0 Å². The van der Waals surface area contributed by atoms with Gasteiger partial charge < -0.3 is 4.40 Å². The van der Waals surface area contributed by atoms with Crippen molar-refractivity contribution in [2.75, 3.05) is 0 Å². The van der Waals surface area contributed by atoms with E-state index in [0.29, 0.717) is 21.7 Å². The van der Waals surface area contributed by atoms with Gasteiger partial charge in [-0.15, -0.1) is 0 Å². The van der Waals surface area contributed by atoms with Crippen LogP contribution in [0, 0.1) is 0 Å². The molecule has 0 aliphatic heterocycles. The van der Waals surface area contributed by atoms with Crippen LogP contribution in [0.5, 0.6) is 0 Å². The molecular weight excluding hydrogens is 498 g/mol. The molecule has 5 aromatic rings. The van der Waals surface area contributed by atoms with Gasteiger partial charge in [-0.05, 0) is 86.2 Å². The first-order chi connectivity index (χ1) is 20.2. The number of para-hydroxylation sites is 1. The topological polar surface area (TPSA) is 30.2 Å². The Bertz CT molecular complexity index is 1780. The van der Waals surface area contributed by atoms with Crippen LogP contribution in [0.1, 0.15) is 138 Å². The van der Waals surface area contributed by atoms with Crippen LogP contribution in [0.4, 0.5) is 0 Å². The fourth-order valence-corrected chi connectivity index (χ4v) is 12.8. The molecule has 0 atom stereocenters. The summed E-state index contributed by atoms with van der Waals surface area (Å²) in [6, 6.07) is 7.31. The van der Waals surface area contributed by atoms with Crippen molar-refractivity contribution in [1.29, 1.82) is 0 Å². The van der Waals surface area contributed by atoms with Gasteiger partial charge in [0.15, 0.2) is 0 Å². The number of pyridine rings is 2. The Kier molecular flexibility index (Phi) is 4.05. The molecule has 0 bridgehead atoms. The predicted molar refractivity (Wildman–Crippen MR) is 167 cm³/mol. The Balaban J connectivity index is 1.28. The van der Waals surface area contributed by atoms with E-state index in [2.05, 4.69) is 35.0 Å². The van der Waals surface area contributed by atoms with Crippen LogP contribution in [-0.2, 0) is 21.7 Å². The van der Waals surface area contributed by atoms with Gasteiger partial charge in [-0.2, -0.15) is 0 Å². The number of aromatic nitrogens is 3. The molecule has 3 heteroatoms. The van der Waals surface area contributed by atoms with Gasteiger partial charge in [-0.1, -0.05) is 69.6 Å². The van der Waals surface area contributed by atoms with Crippen LogP contribution in [0.25, 0.3) is 38.1 Å². The van der Waals surface area contributed by atoms with Crippen molar-refractivity contribution in [3.8, 4) is 0 Å². The van der Waals surface area contributed by atoms with Crippen LogP contribution in [-0.4, -0.2) is 14.4 Å². The first-order valence-corrected chi connectivity index (χ1v) is 17.2. The molecule has 11 rings (SSSR count). The maximum atomic E-state index is 5.50. The Morgan fingerprint density at radius 3 is 1.32 bits per heavy atom. The lowest BCUT2D eigenvalue weighted by Crippen LogP contribution is -2.24. The van der Waals surface area contributed by atoms with Crippen molar-refractivity contribution in [1.82, 2.24) is 14.4 Å². The third-order valence-corrected chi connectivity index (χ3v) is 14.1. The summed E-state index contributed by atoms with van der Waals surface area (Å²) < 4.78 is 2.64. The smallest absolute Gasteiger partial charge is 0.0728 e. The van der Waals surface area contributed by atoms with E-state index >= 15 is 0 Å². The summed E-state index contributed by atoms with van der Waals surface area (Å²) >= 11 is 0. The fraction of sp³-hybridized carbons (Fsp3) is 0.579. The molecule has 0 N–H and O–H groups in total. The van der Waals surface area contributed by atoms with Crippen molar-refractivity contribution < 1.29 is 0 Å². The summed E-state index contributed by atoms with van der Waals surface area (Å²) in [6.07, 6.45) is 29.3. The highest BCUT2D eigenvalue weighted by molar-refractivity contribution is 6.25. The zero-order chi connectivity index (χ0) is 26.6. The first kappa shape index (κ1) is 22.9. The van der Waals surface area contributed by atoms with E-state index in [9.17, 15) is 0 Å². The average Bonchev–Trinajstić information content (AvgIpc) is 3.85. The average molecular weight is 540 g/mol. The van der Waals surface area contributed by atoms with Crippen LogP contribution in [0.15, 0.2) is 30.6 Å². The van der Waals surface area contributed by atoms with E-state index in [-0.39, 0.29) is 0 Å². The van der Waals surface area contributed by atoms with Crippen LogP contribution in [0.3, 0.4) is 0 Å². The summed E-state index contributed by atoms with van der Waals surface area (Å²) in [6.45, 7) is 0. The summed E-state index contributed by atoms with van der Waals surface area (Å²) in [5.41, 5.74) is 12.0. The van der Waals surface area contributed by atoms with Crippen LogP contribution >= 0.6 is 0 Å². The van der Waals surface area contributed by atoms with E-state index < -0.39 is 0 Å². The Hall–Kier alpha value is -2.68. The molecule has 0 amide bonds. The van der Waals surface area contributed by atoms with Crippen molar-refractivity contribution in [2.24, 2.45) is 0 Å². The van der Waals surface area contributed by atoms with Gasteiger partial charge in [0.2, 0.25) is 0 Å². The molecule has 4 fully saturated rings. The zero-order valence-electron chi connectivity index (χ0n) is 24.5. The molecule has 4 saturated carbocycles. The largest absolute Gasteiger partial charge is 0.305 e. The molecular formula is C38H41N3. The maximum Gasteiger partial charge on any atom is 0.0728 e.